The molecule has 0 saturated carbocycles. The van der Waals surface area contributed by atoms with Crippen LogP contribution in [0.1, 0.15) is 17.3 Å². The highest BCUT2D eigenvalue weighted by molar-refractivity contribution is 6.01. The molecule has 0 aliphatic carbocycles. The average molecular weight is 265 g/mol. The van der Waals surface area contributed by atoms with Crippen LogP contribution in [-0.2, 0) is 4.74 Å². The van der Waals surface area contributed by atoms with E-state index in [9.17, 15) is 9.90 Å². The van der Waals surface area contributed by atoms with Gasteiger partial charge < -0.3 is 26.2 Å². The molecule has 2 atom stereocenters. The molecule has 0 spiro atoms. The van der Waals surface area contributed by atoms with Gasteiger partial charge in [0.2, 0.25) is 0 Å². The van der Waals surface area contributed by atoms with Gasteiger partial charge in [0.25, 0.3) is 5.91 Å². The molecule has 6 heteroatoms. The molecule has 104 valence electrons. The molecule has 2 rings (SSSR count). The van der Waals surface area contributed by atoms with Crippen molar-refractivity contribution in [1.29, 1.82) is 0 Å². The molecule has 1 aromatic rings. The zero-order valence-corrected chi connectivity index (χ0v) is 10.9. The van der Waals surface area contributed by atoms with Crippen molar-refractivity contribution in [3.05, 3.63) is 23.8 Å². The van der Waals surface area contributed by atoms with Gasteiger partial charge in [0.15, 0.2) is 0 Å². The molecule has 1 amide bonds. The molecular weight excluding hydrogens is 246 g/mol. The van der Waals surface area contributed by atoms with Crippen molar-refractivity contribution in [2.75, 3.05) is 30.4 Å². The Morgan fingerprint density at radius 3 is 2.95 bits per heavy atom. The summed E-state index contributed by atoms with van der Waals surface area (Å²) in [5.41, 5.74) is 12.9. The van der Waals surface area contributed by atoms with Crippen LogP contribution in [0.4, 0.5) is 11.4 Å². The minimum absolute atomic E-state index is 0.0607. The van der Waals surface area contributed by atoms with Crippen LogP contribution in [0.15, 0.2) is 18.2 Å². The number of carbonyl (C=O) groups excluding carboxylic acids is 1. The van der Waals surface area contributed by atoms with Gasteiger partial charge in [-0.05, 0) is 19.1 Å². The largest absolute Gasteiger partial charge is 0.397 e. The SMILES string of the molecule is CC1COC(CO)CN1c1c(N)cccc1C(N)=O. The fraction of sp³-hybridized carbons (Fsp3) is 0.462. The summed E-state index contributed by atoms with van der Waals surface area (Å²) >= 11 is 0. The van der Waals surface area contributed by atoms with Crippen LogP contribution in [0.3, 0.4) is 0 Å². The molecule has 5 N–H and O–H groups in total. The Morgan fingerprint density at radius 1 is 1.58 bits per heavy atom. The van der Waals surface area contributed by atoms with E-state index < -0.39 is 5.91 Å². The molecule has 1 aliphatic rings. The zero-order valence-electron chi connectivity index (χ0n) is 10.9. The first-order chi connectivity index (χ1) is 9.04. The molecule has 2 unspecified atom stereocenters. The maximum atomic E-state index is 11.5. The number of nitrogens with zero attached hydrogens (tertiary/aromatic N) is 1. The molecule has 19 heavy (non-hydrogen) atoms. The summed E-state index contributed by atoms with van der Waals surface area (Å²) in [6, 6.07) is 5.15. The first-order valence-corrected chi connectivity index (χ1v) is 6.22. The molecule has 1 fully saturated rings. The maximum absolute atomic E-state index is 11.5. The number of aliphatic hydroxyl groups excluding tert-OH is 1. The Kier molecular flexibility index (Phi) is 3.92. The number of benzene rings is 1. The van der Waals surface area contributed by atoms with Crippen molar-refractivity contribution < 1.29 is 14.6 Å². The fourth-order valence-electron chi connectivity index (χ4n) is 2.32. The first kappa shape index (κ1) is 13.6. The smallest absolute Gasteiger partial charge is 0.250 e. The summed E-state index contributed by atoms with van der Waals surface area (Å²) in [6.07, 6.45) is -0.281. The van der Waals surface area contributed by atoms with Gasteiger partial charge in [-0.3, -0.25) is 4.79 Å². The second kappa shape index (κ2) is 5.46. The van der Waals surface area contributed by atoms with E-state index in [2.05, 4.69) is 0 Å². The first-order valence-electron chi connectivity index (χ1n) is 6.22. The number of anilines is 2. The third-order valence-electron chi connectivity index (χ3n) is 3.33. The van der Waals surface area contributed by atoms with E-state index in [1.807, 2.05) is 11.8 Å². The van der Waals surface area contributed by atoms with Gasteiger partial charge in [-0.2, -0.15) is 0 Å². The van der Waals surface area contributed by atoms with Crippen molar-refractivity contribution in [3.8, 4) is 0 Å². The molecule has 0 bridgehead atoms. The highest BCUT2D eigenvalue weighted by Gasteiger charge is 2.29. The van der Waals surface area contributed by atoms with Gasteiger partial charge in [0.1, 0.15) is 0 Å². The van der Waals surface area contributed by atoms with Crippen LogP contribution >= 0.6 is 0 Å². The second-order valence-electron chi connectivity index (χ2n) is 4.75. The van der Waals surface area contributed by atoms with Crippen LogP contribution in [-0.4, -0.2) is 42.9 Å². The number of amides is 1. The van der Waals surface area contributed by atoms with Crippen molar-refractivity contribution in [2.45, 2.75) is 19.1 Å². The summed E-state index contributed by atoms with van der Waals surface area (Å²) in [5.74, 6) is -0.512. The van der Waals surface area contributed by atoms with E-state index in [1.54, 1.807) is 18.2 Å². The van der Waals surface area contributed by atoms with Crippen molar-refractivity contribution >= 4 is 17.3 Å². The summed E-state index contributed by atoms with van der Waals surface area (Å²) < 4.78 is 5.48. The van der Waals surface area contributed by atoms with Crippen molar-refractivity contribution in [3.63, 3.8) is 0 Å². The predicted octanol–water partition coefficient (Wildman–Crippen LogP) is -0.0463. The monoisotopic (exact) mass is 265 g/mol. The standard InChI is InChI=1S/C13H19N3O3/c1-8-7-19-9(6-17)5-16(8)12-10(13(15)18)3-2-4-11(12)14/h2-4,8-9,17H,5-7,14H2,1H3,(H2,15,18). The lowest BCUT2D eigenvalue weighted by Crippen LogP contribution is -2.50. The molecule has 1 heterocycles. The lowest BCUT2D eigenvalue weighted by Gasteiger charge is -2.40. The highest BCUT2D eigenvalue weighted by atomic mass is 16.5. The van der Waals surface area contributed by atoms with E-state index in [4.69, 9.17) is 16.2 Å². The zero-order chi connectivity index (χ0) is 14.0. The summed E-state index contributed by atoms with van der Waals surface area (Å²) in [4.78, 5) is 13.5. The maximum Gasteiger partial charge on any atom is 0.250 e. The van der Waals surface area contributed by atoms with Gasteiger partial charge in [-0.1, -0.05) is 6.07 Å². The topological polar surface area (TPSA) is 102 Å². The molecule has 0 aromatic heterocycles. The number of morpholine rings is 1. The minimum Gasteiger partial charge on any atom is -0.397 e. The lowest BCUT2D eigenvalue weighted by atomic mass is 10.1. The van der Waals surface area contributed by atoms with Crippen LogP contribution in [0, 0.1) is 0 Å². The molecule has 0 radical (unpaired) electrons. The number of aliphatic hydroxyl groups is 1. The number of carbonyl (C=O) groups is 1. The average Bonchev–Trinajstić information content (AvgIpc) is 2.39. The van der Waals surface area contributed by atoms with Crippen molar-refractivity contribution in [2.24, 2.45) is 5.73 Å². The predicted molar refractivity (Wildman–Crippen MR) is 73.0 cm³/mol. The van der Waals surface area contributed by atoms with Crippen LogP contribution < -0.4 is 16.4 Å². The van der Waals surface area contributed by atoms with Gasteiger partial charge in [0.05, 0.1) is 36.3 Å². The van der Waals surface area contributed by atoms with E-state index in [-0.39, 0.29) is 18.8 Å². The number of para-hydroxylation sites is 1. The van der Waals surface area contributed by atoms with Crippen molar-refractivity contribution in [1.82, 2.24) is 0 Å². The summed E-state index contributed by atoms with van der Waals surface area (Å²) in [5, 5.41) is 9.22. The summed E-state index contributed by atoms with van der Waals surface area (Å²) in [7, 11) is 0. The molecule has 1 saturated heterocycles. The minimum atomic E-state index is -0.512. The van der Waals surface area contributed by atoms with Crippen LogP contribution in [0.5, 0.6) is 0 Å². The van der Waals surface area contributed by atoms with Gasteiger partial charge in [-0.25, -0.2) is 0 Å². The number of rotatable bonds is 3. The van der Waals surface area contributed by atoms with Gasteiger partial charge in [-0.15, -0.1) is 0 Å². The second-order valence-corrected chi connectivity index (χ2v) is 4.75. The molecule has 6 nitrogen and oxygen atoms in total. The number of hydrogen-bond donors (Lipinski definition) is 3. The highest BCUT2D eigenvalue weighted by Crippen LogP contribution is 2.31. The Balaban J connectivity index is 2.41. The Bertz CT molecular complexity index is 478. The third kappa shape index (κ3) is 2.64. The van der Waals surface area contributed by atoms with E-state index in [1.165, 1.54) is 0 Å². The van der Waals surface area contributed by atoms with E-state index in [0.717, 1.165) is 0 Å². The van der Waals surface area contributed by atoms with Crippen LogP contribution in [0.2, 0.25) is 0 Å². The van der Waals surface area contributed by atoms with Gasteiger partial charge in [0, 0.05) is 12.6 Å². The molecule has 1 aliphatic heterocycles. The lowest BCUT2D eigenvalue weighted by molar-refractivity contribution is -0.0103. The molecular formula is C13H19N3O3. The molecule has 1 aromatic carbocycles. The number of primary amides is 1. The number of nitrogens with two attached hydrogens (primary N) is 2. The fourth-order valence-corrected chi connectivity index (χ4v) is 2.32. The van der Waals surface area contributed by atoms with Gasteiger partial charge >= 0.3 is 0 Å². The normalized spacial score (nSPS) is 23.4. The number of hydrogen-bond acceptors (Lipinski definition) is 5. The Labute approximate surface area is 111 Å². The quantitative estimate of drug-likeness (QED) is 0.665. The number of ether oxygens (including phenoxy) is 1. The van der Waals surface area contributed by atoms with Crippen LogP contribution in [0.25, 0.3) is 0 Å². The Morgan fingerprint density at radius 2 is 2.32 bits per heavy atom. The Hall–Kier alpha value is -1.79. The van der Waals surface area contributed by atoms with E-state index in [0.29, 0.717) is 30.1 Å². The van der Waals surface area contributed by atoms with E-state index >= 15 is 0 Å². The summed E-state index contributed by atoms with van der Waals surface area (Å²) in [6.45, 7) is 2.86. The third-order valence-corrected chi connectivity index (χ3v) is 3.33. The number of nitrogen functional groups attached to an aromatic ring is 1.